The van der Waals surface area contributed by atoms with Crippen molar-refractivity contribution in [1.29, 1.82) is 0 Å². The predicted molar refractivity (Wildman–Crippen MR) is 119 cm³/mol. The Morgan fingerprint density at radius 1 is 1.10 bits per heavy atom. The summed E-state index contributed by atoms with van der Waals surface area (Å²) in [5.41, 5.74) is -0.0509. The number of carbonyl (C=O) groups is 3. The Kier molecular flexibility index (Phi) is 6.66. The van der Waals surface area contributed by atoms with E-state index in [1.54, 1.807) is 4.90 Å². The van der Waals surface area contributed by atoms with Crippen molar-refractivity contribution in [2.45, 2.75) is 77.2 Å². The molecule has 1 aromatic rings. The molecule has 5 nitrogen and oxygen atoms in total. The van der Waals surface area contributed by atoms with Gasteiger partial charge in [-0.05, 0) is 51.9 Å². The molecule has 164 valence electrons. The summed E-state index contributed by atoms with van der Waals surface area (Å²) in [6.45, 7) is 10.4. The van der Waals surface area contributed by atoms with Crippen molar-refractivity contribution in [2.75, 3.05) is 6.54 Å². The highest BCUT2D eigenvalue weighted by atomic mass is 32.2. The third kappa shape index (κ3) is 5.08. The van der Waals surface area contributed by atoms with Gasteiger partial charge >= 0.3 is 5.97 Å². The Labute approximate surface area is 183 Å². The molecule has 1 saturated carbocycles. The molecule has 0 aromatic heterocycles. The van der Waals surface area contributed by atoms with E-state index < -0.39 is 11.6 Å². The van der Waals surface area contributed by atoms with Crippen LogP contribution in [0.3, 0.4) is 0 Å². The van der Waals surface area contributed by atoms with Gasteiger partial charge in [-0.25, -0.2) is 4.79 Å². The number of ether oxygens (including phenoxy) is 1. The van der Waals surface area contributed by atoms with Crippen molar-refractivity contribution in [3.05, 3.63) is 35.9 Å². The molecule has 0 spiro atoms. The van der Waals surface area contributed by atoms with Crippen LogP contribution in [0, 0.1) is 11.3 Å². The number of nitrogens with zero attached hydrogens (tertiary/aromatic N) is 1. The zero-order valence-electron chi connectivity index (χ0n) is 18.6. The van der Waals surface area contributed by atoms with Gasteiger partial charge in [0, 0.05) is 17.4 Å². The second-order valence-corrected chi connectivity index (χ2v) is 11.2. The Hall–Kier alpha value is -1.82. The van der Waals surface area contributed by atoms with E-state index in [-0.39, 0.29) is 33.6 Å². The molecule has 1 aliphatic carbocycles. The zero-order chi connectivity index (χ0) is 22.1. The summed E-state index contributed by atoms with van der Waals surface area (Å²) in [5, 5.41) is -0.115. The number of carbonyl (C=O) groups excluding carboxylic acids is 3. The van der Waals surface area contributed by atoms with Crippen molar-refractivity contribution >= 4 is 28.8 Å². The molecule has 1 heterocycles. The fraction of sp³-hybridized carbons (Fsp3) is 0.625. The van der Waals surface area contributed by atoms with E-state index >= 15 is 0 Å². The maximum Gasteiger partial charge on any atom is 0.329 e. The van der Waals surface area contributed by atoms with Gasteiger partial charge in [0.05, 0.1) is 5.92 Å². The number of esters is 1. The first-order valence-electron chi connectivity index (χ1n) is 10.8. The van der Waals surface area contributed by atoms with E-state index in [1.807, 2.05) is 51.1 Å². The molecule has 0 N–H and O–H groups in total. The molecule has 1 saturated heterocycles. The van der Waals surface area contributed by atoms with E-state index in [9.17, 15) is 14.4 Å². The van der Waals surface area contributed by atoms with Gasteiger partial charge in [-0.3, -0.25) is 9.59 Å². The van der Waals surface area contributed by atoms with Crippen molar-refractivity contribution < 1.29 is 19.1 Å². The largest absolute Gasteiger partial charge is 0.458 e. The standard InChI is InChI=1S/C24H33NO4S/c1-23(2,3)29-21(27)18-12-9-15-25(18)20(26)17-13-14-24(4,5)19(17)30-22(28)16-10-7-6-8-11-16/h6-8,10-11,17-19H,9,12-15H2,1-5H3/t17?,18-,19?/m0/s1. The van der Waals surface area contributed by atoms with E-state index in [1.165, 1.54) is 11.8 Å². The average Bonchev–Trinajstić information content (AvgIpc) is 3.26. The van der Waals surface area contributed by atoms with Crippen LogP contribution in [0.25, 0.3) is 0 Å². The number of thioether (sulfide) groups is 1. The minimum atomic E-state index is -0.579. The molecule has 2 unspecified atom stereocenters. The van der Waals surface area contributed by atoms with Crippen LogP contribution < -0.4 is 0 Å². The van der Waals surface area contributed by atoms with Crippen LogP contribution in [0.15, 0.2) is 30.3 Å². The molecule has 0 radical (unpaired) electrons. The number of rotatable bonds is 4. The van der Waals surface area contributed by atoms with Gasteiger partial charge in [-0.2, -0.15) is 0 Å². The molecule has 1 aliphatic heterocycles. The minimum Gasteiger partial charge on any atom is -0.458 e. The SMILES string of the molecule is CC(C)(C)OC(=O)[C@@H]1CCCN1C(=O)C1CCC(C)(C)C1SC(=O)c1ccccc1. The monoisotopic (exact) mass is 431 g/mol. The van der Waals surface area contributed by atoms with Gasteiger partial charge in [-0.15, -0.1) is 0 Å². The summed E-state index contributed by atoms with van der Waals surface area (Å²) >= 11 is 1.28. The van der Waals surface area contributed by atoms with Crippen molar-refractivity contribution in [3.63, 3.8) is 0 Å². The van der Waals surface area contributed by atoms with Crippen LogP contribution in [0.4, 0.5) is 0 Å². The van der Waals surface area contributed by atoms with Gasteiger partial charge in [0.15, 0.2) is 0 Å². The van der Waals surface area contributed by atoms with E-state index in [4.69, 9.17) is 4.74 Å². The van der Waals surface area contributed by atoms with Gasteiger partial charge in [0.25, 0.3) is 0 Å². The Bertz CT molecular complexity index is 799. The van der Waals surface area contributed by atoms with Gasteiger partial charge in [0.1, 0.15) is 11.6 Å². The molecule has 0 bridgehead atoms. The molecule has 1 amide bonds. The zero-order valence-corrected chi connectivity index (χ0v) is 19.5. The summed E-state index contributed by atoms with van der Waals surface area (Å²) in [7, 11) is 0. The average molecular weight is 432 g/mol. The van der Waals surface area contributed by atoms with Crippen molar-refractivity contribution in [2.24, 2.45) is 11.3 Å². The molecule has 1 aromatic carbocycles. The Balaban J connectivity index is 1.76. The fourth-order valence-electron chi connectivity index (χ4n) is 4.48. The number of hydrogen-bond donors (Lipinski definition) is 0. The first-order valence-corrected chi connectivity index (χ1v) is 11.7. The highest BCUT2D eigenvalue weighted by Crippen LogP contribution is 2.49. The lowest BCUT2D eigenvalue weighted by atomic mass is 9.89. The lowest BCUT2D eigenvalue weighted by Crippen LogP contribution is -2.47. The minimum absolute atomic E-state index is 0.00140. The van der Waals surface area contributed by atoms with Crippen LogP contribution in [0.5, 0.6) is 0 Å². The van der Waals surface area contributed by atoms with Gasteiger partial charge < -0.3 is 9.64 Å². The van der Waals surface area contributed by atoms with Crippen LogP contribution >= 0.6 is 11.8 Å². The lowest BCUT2D eigenvalue weighted by Gasteiger charge is -2.33. The highest BCUT2D eigenvalue weighted by Gasteiger charge is 2.50. The predicted octanol–water partition coefficient (Wildman–Crippen LogP) is 4.70. The van der Waals surface area contributed by atoms with Crippen LogP contribution in [0.2, 0.25) is 0 Å². The summed E-state index contributed by atoms with van der Waals surface area (Å²) in [6, 6.07) is 8.70. The number of benzene rings is 1. The molecule has 2 fully saturated rings. The third-order valence-corrected chi connectivity index (χ3v) is 7.68. The molecule has 2 aliphatic rings. The number of likely N-dealkylation sites (tertiary alicyclic amines) is 1. The molecular weight excluding hydrogens is 398 g/mol. The first kappa shape index (κ1) is 22.9. The Morgan fingerprint density at radius 3 is 2.40 bits per heavy atom. The summed E-state index contributed by atoms with van der Waals surface area (Å²) in [6.07, 6.45) is 3.06. The summed E-state index contributed by atoms with van der Waals surface area (Å²) < 4.78 is 5.56. The third-order valence-electron chi connectivity index (χ3n) is 6.01. The van der Waals surface area contributed by atoms with E-state index in [2.05, 4.69) is 13.8 Å². The summed E-state index contributed by atoms with van der Waals surface area (Å²) in [5.74, 6) is -0.594. The van der Waals surface area contributed by atoms with E-state index in [0.29, 0.717) is 18.5 Å². The number of hydrogen-bond acceptors (Lipinski definition) is 5. The molecule has 6 heteroatoms. The second-order valence-electron chi connectivity index (χ2n) is 10.0. The number of amides is 1. The fourth-order valence-corrected chi connectivity index (χ4v) is 5.83. The van der Waals surface area contributed by atoms with Crippen LogP contribution in [-0.2, 0) is 14.3 Å². The summed E-state index contributed by atoms with van der Waals surface area (Å²) in [4.78, 5) is 40.8. The molecule has 30 heavy (non-hydrogen) atoms. The highest BCUT2D eigenvalue weighted by molar-refractivity contribution is 8.14. The van der Waals surface area contributed by atoms with Gasteiger partial charge in [-0.1, -0.05) is 55.9 Å². The van der Waals surface area contributed by atoms with Crippen LogP contribution in [0.1, 0.15) is 70.7 Å². The van der Waals surface area contributed by atoms with Crippen LogP contribution in [-0.4, -0.2) is 45.3 Å². The molecule has 3 atom stereocenters. The quantitative estimate of drug-likeness (QED) is 0.647. The Morgan fingerprint density at radius 2 is 1.77 bits per heavy atom. The molecular formula is C24H33NO4S. The lowest BCUT2D eigenvalue weighted by molar-refractivity contribution is -0.163. The maximum atomic E-state index is 13.5. The smallest absolute Gasteiger partial charge is 0.329 e. The normalized spacial score (nSPS) is 25.9. The molecule has 3 rings (SSSR count). The van der Waals surface area contributed by atoms with Crippen molar-refractivity contribution in [1.82, 2.24) is 4.90 Å². The maximum absolute atomic E-state index is 13.5. The van der Waals surface area contributed by atoms with Crippen molar-refractivity contribution in [3.8, 4) is 0 Å². The topological polar surface area (TPSA) is 63.7 Å². The first-order chi connectivity index (χ1) is 14.0. The van der Waals surface area contributed by atoms with E-state index in [0.717, 1.165) is 19.3 Å². The second kappa shape index (κ2) is 8.74. The van der Waals surface area contributed by atoms with Gasteiger partial charge in [0.2, 0.25) is 11.0 Å².